The quantitative estimate of drug-likeness (QED) is 0.400. The Hall–Kier alpha value is -4.02. The number of carbonyl (C=O) groups is 3. The summed E-state index contributed by atoms with van der Waals surface area (Å²) in [6.45, 7) is 0. The van der Waals surface area contributed by atoms with E-state index >= 15 is 0 Å². The Balaban J connectivity index is 0.000000429. The van der Waals surface area contributed by atoms with Gasteiger partial charge in [-0.15, -0.1) is 0 Å². The van der Waals surface area contributed by atoms with Crippen LogP contribution in [0.25, 0.3) is 0 Å². The van der Waals surface area contributed by atoms with Gasteiger partial charge in [-0.05, 0) is 53.1 Å². The van der Waals surface area contributed by atoms with Gasteiger partial charge in [0, 0.05) is 17.1 Å². The first-order valence-corrected chi connectivity index (χ1v) is 8.30. The second-order valence-corrected chi connectivity index (χ2v) is 5.73. The van der Waals surface area contributed by atoms with E-state index in [-0.39, 0.29) is 33.5 Å². The van der Waals surface area contributed by atoms with E-state index in [1.807, 2.05) is 0 Å². The molecule has 0 atom stereocenters. The number of carbonyl (C=O) groups excluding carboxylic acids is 3. The Kier molecular flexibility index (Phi) is 11.5. The first-order valence-electron chi connectivity index (χ1n) is 8.30. The van der Waals surface area contributed by atoms with Crippen LogP contribution in [0.2, 0.25) is 0 Å². The Morgan fingerprint density at radius 2 is 0.613 bits per heavy atom. The molecule has 0 aliphatic carbocycles. The number of anilines is 3. The zero-order valence-electron chi connectivity index (χ0n) is 15.9. The number of carboxylic acid groups (broad SMARTS) is 3. The van der Waals surface area contributed by atoms with Crippen LogP contribution >= 0.6 is 0 Å². The third kappa shape index (κ3) is 10.4. The molecule has 0 bridgehead atoms. The van der Waals surface area contributed by atoms with E-state index < -0.39 is 17.9 Å². The molecule has 6 N–H and O–H groups in total. The van der Waals surface area contributed by atoms with E-state index in [1.165, 1.54) is 72.8 Å². The van der Waals surface area contributed by atoms with Crippen LogP contribution in [0.3, 0.4) is 0 Å². The summed E-state index contributed by atoms with van der Waals surface area (Å²) >= 11 is 0. The summed E-state index contributed by atoms with van der Waals surface area (Å²) in [6, 6.07) is 17.6. The topological polar surface area (TPSA) is 198 Å². The van der Waals surface area contributed by atoms with Gasteiger partial charge in [-0.1, -0.05) is 36.4 Å². The predicted octanol–water partition coefficient (Wildman–Crippen LogP) is -1.11. The molecule has 0 radical (unpaired) electrons. The zero-order valence-corrected chi connectivity index (χ0v) is 17.0. The van der Waals surface area contributed by atoms with Gasteiger partial charge in [0.05, 0.1) is 17.9 Å². The van der Waals surface area contributed by atoms with Crippen LogP contribution in [0.1, 0.15) is 31.1 Å². The molecule has 9 nitrogen and oxygen atoms in total. The summed E-state index contributed by atoms with van der Waals surface area (Å²) in [4.78, 5) is 30.5. The van der Waals surface area contributed by atoms with Crippen LogP contribution in [0.4, 0.5) is 17.1 Å². The minimum absolute atomic E-state index is 0. The van der Waals surface area contributed by atoms with Gasteiger partial charge in [0.1, 0.15) is 0 Å². The maximum absolute atomic E-state index is 10.2. The molecule has 0 spiro atoms. The molecule has 0 fully saturated rings. The monoisotopic (exact) mass is 467 g/mol. The fourth-order valence-corrected chi connectivity index (χ4v) is 1.86. The number of rotatable bonds is 3. The van der Waals surface area contributed by atoms with Crippen LogP contribution in [-0.4, -0.2) is 17.9 Å². The number of hydrogen-bond acceptors (Lipinski definition) is 9. The Labute approximate surface area is 188 Å². The van der Waals surface area contributed by atoms with Crippen molar-refractivity contribution in [3.8, 4) is 0 Å². The van der Waals surface area contributed by atoms with Crippen LogP contribution < -0.4 is 32.5 Å². The SMILES string of the molecule is Nc1ccc(C(=O)[O-])cc1.Nc1ccc(C(=O)[O-])cc1.Nc1ccc(C(=O)[O-])cc1.[Co+3]. The van der Waals surface area contributed by atoms with Gasteiger partial charge in [0.2, 0.25) is 0 Å². The maximum atomic E-state index is 10.2. The Morgan fingerprint density at radius 3 is 0.742 bits per heavy atom. The van der Waals surface area contributed by atoms with Gasteiger partial charge < -0.3 is 46.9 Å². The molecule has 0 saturated carbocycles. The van der Waals surface area contributed by atoms with Gasteiger partial charge in [0.25, 0.3) is 0 Å². The summed E-state index contributed by atoms with van der Waals surface area (Å²) in [7, 11) is 0. The molecular weight excluding hydrogens is 449 g/mol. The fourth-order valence-electron chi connectivity index (χ4n) is 1.86. The summed E-state index contributed by atoms with van der Waals surface area (Å²) in [6.07, 6.45) is 0. The van der Waals surface area contributed by atoms with Crippen molar-refractivity contribution in [2.75, 3.05) is 17.2 Å². The molecule has 162 valence electrons. The van der Waals surface area contributed by atoms with Crippen molar-refractivity contribution in [2.45, 2.75) is 0 Å². The van der Waals surface area contributed by atoms with Gasteiger partial charge in [0.15, 0.2) is 0 Å². The summed E-state index contributed by atoms with van der Waals surface area (Å²) in [5.74, 6) is -3.54. The number of hydrogen-bond donors (Lipinski definition) is 3. The van der Waals surface area contributed by atoms with Crippen LogP contribution in [-0.2, 0) is 16.8 Å². The third-order valence-electron chi connectivity index (χ3n) is 3.44. The van der Waals surface area contributed by atoms with E-state index in [0.717, 1.165) is 0 Å². The zero-order chi connectivity index (χ0) is 22.7. The van der Waals surface area contributed by atoms with Crippen molar-refractivity contribution in [1.82, 2.24) is 0 Å². The van der Waals surface area contributed by atoms with E-state index in [4.69, 9.17) is 17.2 Å². The van der Waals surface area contributed by atoms with Crippen molar-refractivity contribution < 1.29 is 46.5 Å². The van der Waals surface area contributed by atoms with E-state index in [0.29, 0.717) is 17.1 Å². The molecule has 0 aromatic heterocycles. The normalized spacial score (nSPS) is 8.90. The number of nitrogens with two attached hydrogens (primary N) is 3. The number of benzene rings is 3. The van der Waals surface area contributed by atoms with Crippen LogP contribution in [0.5, 0.6) is 0 Å². The van der Waals surface area contributed by atoms with E-state index in [1.54, 1.807) is 0 Å². The molecule has 0 aliphatic heterocycles. The molecule has 0 unspecified atom stereocenters. The van der Waals surface area contributed by atoms with E-state index in [2.05, 4.69) is 0 Å². The van der Waals surface area contributed by atoms with Crippen molar-refractivity contribution in [1.29, 1.82) is 0 Å². The molecule has 31 heavy (non-hydrogen) atoms. The molecular formula is C21H18CoN3O6. The summed E-state index contributed by atoms with van der Waals surface area (Å²) in [5.41, 5.74) is 18.0. The van der Waals surface area contributed by atoms with Gasteiger partial charge in [-0.3, -0.25) is 0 Å². The molecule has 3 aromatic carbocycles. The van der Waals surface area contributed by atoms with E-state index in [9.17, 15) is 29.7 Å². The number of nitrogen functional groups attached to an aromatic ring is 3. The van der Waals surface area contributed by atoms with Gasteiger partial charge >= 0.3 is 16.8 Å². The minimum Gasteiger partial charge on any atom is -0.545 e. The largest absolute Gasteiger partial charge is 3.00 e. The second-order valence-electron chi connectivity index (χ2n) is 5.73. The summed E-state index contributed by atoms with van der Waals surface area (Å²) in [5, 5.41) is 30.5. The predicted molar refractivity (Wildman–Crippen MR) is 106 cm³/mol. The first kappa shape index (κ1) is 27.0. The smallest absolute Gasteiger partial charge is 0.545 e. The number of carboxylic acids is 3. The average Bonchev–Trinajstić information content (AvgIpc) is 2.70. The fraction of sp³-hybridized carbons (Fsp3) is 0. The molecule has 10 heteroatoms. The van der Waals surface area contributed by atoms with Gasteiger partial charge in [-0.25, -0.2) is 0 Å². The molecule has 0 amide bonds. The third-order valence-corrected chi connectivity index (χ3v) is 3.44. The molecule has 0 saturated heterocycles. The minimum atomic E-state index is -1.18. The maximum Gasteiger partial charge on any atom is 3.00 e. The van der Waals surface area contributed by atoms with Crippen molar-refractivity contribution >= 4 is 35.0 Å². The second kappa shape index (κ2) is 13.2. The van der Waals surface area contributed by atoms with Crippen molar-refractivity contribution in [2.24, 2.45) is 0 Å². The van der Waals surface area contributed by atoms with Crippen molar-refractivity contribution in [3.05, 3.63) is 89.5 Å². The number of aromatic carboxylic acids is 3. The first-order chi connectivity index (χ1) is 14.1. The Morgan fingerprint density at radius 1 is 0.452 bits per heavy atom. The average molecular weight is 467 g/mol. The molecule has 0 aliphatic rings. The van der Waals surface area contributed by atoms with Gasteiger partial charge in [-0.2, -0.15) is 0 Å². The Bertz CT molecular complexity index is 859. The molecule has 3 aromatic rings. The molecule has 3 rings (SSSR count). The van der Waals surface area contributed by atoms with Crippen molar-refractivity contribution in [3.63, 3.8) is 0 Å². The van der Waals surface area contributed by atoms with Crippen LogP contribution in [0.15, 0.2) is 72.8 Å². The molecule has 0 heterocycles. The summed E-state index contributed by atoms with van der Waals surface area (Å²) < 4.78 is 0. The van der Waals surface area contributed by atoms with Crippen LogP contribution in [0, 0.1) is 0 Å². The standard InChI is InChI=1S/3C7H7NO2.Co/c3*8-6-3-1-5(2-4-6)7(9)10;/h3*1-4H,8H2,(H,9,10);/q;;;+3/p-3.